The Labute approximate surface area is 144 Å². The van der Waals surface area contributed by atoms with Crippen LogP contribution in [0.3, 0.4) is 0 Å². The van der Waals surface area contributed by atoms with E-state index in [1.807, 2.05) is 6.92 Å². The van der Waals surface area contributed by atoms with Crippen molar-refractivity contribution < 1.29 is 4.21 Å². The molecule has 1 atom stereocenters. The maximum Gasteiger partial charge on any atom is 0.174 e. The summed E-state index contributed by atoms with van der Waals surface area (Å²) in [6, 6.07) is 3.40. The number of hydrogen-bond donors (Lipinski definition) is 4. The minimum absolute atomic E-state index is 0.0206. The van der Waals surface area contributed by atoms with Gasteiger partial charge in [0, 0.05) is 0 Å². The van der Waals surface area contributed by atoms with Crippen LogP contribution in [-0.4, -0.2) is 19.1 Å². The van der Waals surface area contributed by atoms with E-state index in [0.29, 0.717) is 15.7 Å². The van der Waals surface area contributed by atoms with Crippen LogP contribution in [0.15, 0.2) is 17.0 Å². The smallest absolute Gasteiger partial charge is 0.174 e. The second-order valence-electron chi connectivity index (χ2n) is 4.34. The fourth-order valence-corrected chi connectivity index (χ4v) is 3.31. The Kier molecular flexibility index (Phi) is 4.93. The molecule has 1 unspecified atom stereocenters. The lowest BCUT2D eigenvalue weighted by atomic mass is 10.2. The van der Waals surface area contributed by atoms with Gasteiger partial charge in [-0.1, -0.05) is 23.2 Å². The highest BCUT2D eigenvalue weighted by atomic mass is 35.5. The number of aromatic nitrogens is 2. The van der Waals surface area contributed by atoms with Crippen molar-refractivity contribution in [2.75, 3.05) is 11.1 Å². The zero-order chi connectivity index (χ0) is 16.6. The topological polar surface area (TPSA) is 125 Å². The largest absolute Gasteiger partial charge is 0.382 e. The first-order valence-corrected chi connectivity index (χ1v) is 8.17. The molecule has 22 heavy (non-hydrogen) atoms. The van der Waals surface area contributed by atoms with E-state index in [-0.39, 0.29) is 21.6 Å². The van der Waals surface area contributed by atoms with Crippen LogP contribution in [-0.2, 0) is 11.0 Å². The van der Waals surface area contributed by atoms with Gasteiger partial charge in [-0.15, -0.1) is 5.10 Å². The average molecular weight is 379 g/mol. The minimum atomic E-state index is -1.91. The van der Waals surface area contributed by atoms with E-state index >= 15 is 0 Å². The molecular formula is C11H12Cl2N6OS2. The second kappa shape index (κ2) is 6.39. The first-order chi connectivity index (χ1) is 10.2. The molecule has 1 aromatic heterocycles. The maximum atomic E-state index is 11.7. The van der Waals surface area contributed by atoms with E-state index in [1.165, 1.54) is 4.68 Å². The van der Waals surface area contributed by atoms with Gasteiger partial charge in [0.05, 0.1) is 10.0 Å². The van der Waals surface area contributed by atoms with Gasteiger partial charge < -0.3 is 16.8 Å². The molecule has 1 heterocycles. The molecule has 0 saturated heterocycles. The zero-order valence-corrected chi connectivity index (χ0v) is 14.4. The first-order valence-electron chi connectivity index (χ1n) is 5.79. The number of hydrogen-bond acceptors (Lipinski definition) is 4. The summed E-state index contributed by atoms with van der Waals surface area (Å²) >= 11 is 17.2. The molecule has 0 aliphatic rings. The summed E-state index contributed by atoms with van der Waals surface area (Å²) < 4.78 is 12.9. The van der Waals surface area contributed by atoms with Gasteiger partial charge in [0.2, 0.25) is 0 Å². The minimum Gasteiger partial charge on any atom is -0.382 e. The molecule has 0 fully saturated rings. The lowest BCUT2D eigenvalue weighted by Crippen LogP contribution is -2.20. The van der Waals surface area contributed by atoms with Crippen LogP contribution in [0.4, 0.5) is 11.6 Å². The first kappa shape index (κ1) is 17.0. The third kappa shape index (κ3) is 3.18. The number of benzene rings is 1. The quantitative estimate of drug-likeness (QED) is 0.602. The number of nitrogen functional groups attached to an aromatic ring is 1. The summed E-state index contributed by atoms with van der Waals surface area (Å²) in [5.41, 5.74) is 12.6. The number of nitrogens with two attached hydrogens (primary N) is 3. The third-order valence-corrected chi connectivity index (χ3v) is 4.17. The van der Waals surface area contributed by atoms with Crippen LogP contribution in [0, 0.1) is 6.92 Å². The van der Waals surface area contributed by atoms with E-state index in [2.05, 4.69) is 10.4 Å². The van der Waals surface area contributed by atoms with Gasteiger partial charge in [-0.05, 0) is 36.8 Å². The van der Waals surface area contributed by atoms with Crippen molar-refractivity contribution in [2.24, 2.45) is 10.9 Å². The highest BCUT2D eigenvalue weighted by Crippen LogP contribution is 2.34. The van der Waals surface area contributed by atoms with Crippen molar-refractivity contribution in [2.45, 2.75) is 11.8 Å². The predicted octanol–water partition coefficient (Wildman–Crippen LogP) is 1.71. The normalized spacial score (nSPS) is 12.2. The van der Waals surface area contributed by atoms with Crippen molar-refractivity contribution >= 4 is 63.2 Å². The second-order valence-corrected chi connectivity index (χ2v) is 6.60. The number of thiocarbonyl (C=S) groups is 1. The SMILES string of the molecule is Cc1cc(Cl)c(-n2nc(NC(N)=S)c(S(N)=O)c2N)c(Cl)c1. The Morgan fingerprint density at radius 2 is 1.95 bits per heavy atom. The van der Waals surface area contributed by atoms with E-state index < -0.39 is 11.0 Å². The number of rotatable bonds is 3. The average Bonchev–Trinajstić information content (AvgIpc) is 2.64. The molecule has 0 aliphatic heterocycles. The van der Waals surface area contributed by atoms with Crippen molar-refractivity contribution in [3.8, 4) is 5.69 Å². The molecule has 0 radical (unpaired) electrons. The van der Waals surface area contributed by atoms with Crippen LogP contribution in [0.1, 0.15) is 5.56 Å². The van der Waals surface area contributed by atoms with Gasteiger partial charge in [-0.25, -0.2) is 14.0 Å². The van der Waals surface area contributed by atoms with E-state index in [9.17, 15) is 4.21 Å². The molecule has 0 saturated carbocycles. The molecule has 7 nitrogen and oxygen atoms in total. The lowest BCUT2D eigenvalue weighted by molar-refractivity contribution is 0.685. The number of nitrogens with one attached hydrogen (secondary N) is 1. The predicted molar refractivity (Wildman–Crippen MR) is 93.7 cm³/mol. The Morgan fingerprint density at radius 1 is 1.41 bits per heavy atom. The molecule has 11 heteroatoms. The Morgan fingerprint density at radius 3 is 2.41 bits per heavy atom. The summed E-state index contributed by atoms with van der Waals surface area (Å²) in [5, 5.41) is 12.8. The van der Waals surface area contributed by atoms with Gasteiger partial charge in [-0.3, -0.25) is 0 Å². The van der Waals surface area contributed by atoms with Crippen LogP contribution >= 0.6 is 35.4 Å². The molecule has 0 amide bonds. The third-order valence-electron chi connectivity index (χ3n) is 2.69. The molecule has 2 rings (SSSR count). The summed E-state index contributed by atoms with van der Waals surface area (Å²) in [6.07, 6.45) is 0. The molecular weight excluding hydrogens is 367 g/mol. The van der Waals surface area contributed by atoms with Gasteiger partial charge in [0.25, 0.3) is 0 Å². The lowest BCUT2D eigenvalue weighted by Gasteiger charge is -2.10. The fraction of sp³-hybridized carbons (Fsp3) is 0.0909. The highest BCUT2D eigenvalue weighted by Gasteiger charge is 2.23. The summed E-state index contributed by atoms with van der Waals surface area (Å²) in [7, 11) is -1.91. The molecule has 118 valence electrons. The Bertz CT molecular complexity index is 768. The van der Waals surface area contributed by atoms with Crippen molar-refractivity contribution in [1.82, 2.24) is 9.78 Å². The van der Waals surface area contributed by atoms with E-state index in [0.717, 1.165) is 5.56 Å². The van der Waals surface area contributed by atoms with Crippen LogP contribution in [0.25, 0.3) is 5.69 Å². The van der Waals surface area contributed by atoms with E-state index in [4.69, 9.17) is 52.0 Å². The molecule has 0 aliphatic carbocycles. The molecule has 7 N–H and O–H groups in total. The summed E-state index contributed by atoms with van der Waals surface area (Å²) in [6.45, 7) is 1.84. The highest BCUT2D eigenvalue weighted by molar-refractivity contribution is 7.83. The molecule has 2 aromatic rings. The molecule has 0 bridgehead atoms. The van der Waals surface area contributed by atoms with Gasteiger partial charge >= 0.3 is 0 Å². The van der Waals surface area contributed by atoms with Gasteiger partial charge in [-0.2, -0.15) is 0 Å². The van der Waals surface area contributed by atoms with Crippen molar-refractivity contribution in [3.63, 3.8) is 0 Å². The molecule has 0 spiro atoms. The number of halogens is 2. The molecule has 1 aromatic carbocycles. The standard InChI is InChI=1S/C11H12Cl2N6OS2/c1-4-2-5(12)7(6(13)3-4)19-9(14)8(22(16)20)10(18-19)17-11(15)21/h2-3H,14,16H2,1H3,(H3,15,17,18,21). The maximum absolute atomic E-state index is 11.7. The van der Waals surface area contributed by atoms with Gasteiger partial charge in [0.15, 0.2) is 10.9 Å². The Hall–Kier alpha value is -1.39. The van der Waals surface area contributed by atoms with Crippen LogP contribution in [0.2, 0.25) is 10.0 Å². The van der Waals surface area contributed by atoms with Crippen molar-refractivity contribution in [1.29, 1.82) is 0 Å². The van der Waals surface area contributed by atoms with Crippen molar-refractivity contribution in [3.05, 3.63) is 27.7 Å². The van der Waals surface area contributed by atoms with E-state index in [1.54, 1.807) is 12.1 Å². The van der Waals surface area contributed by atoms with Crippen LogP contribution in [0.5, 0.6) is 0 Å². The van der Waals surface area contributed by atoms with Crippen LogP contribution < -0.4 is 21.9 Å². The number of aryl methyl sites for hydroxylation is 1. The fourth-order valence-electron chi connectivity index (χ4n) is 1.88. The van der Waals surface area contributed by atoms with Gasteiger partial charge in [0.1, 0.15) is 27.4 Å². The Balaban J connectivity index is 2.72. The summed E-state index contributed by atoms with van der Waals surface area (Å²) in [4.78, 5) is 0.0560. The number of nitrogens with zero attached hydrogens (tertiary/aromatic N) is 2. The number of anilines is 2. The zero-order valence-electron chi connectivity index (χ0n) is 11.3. The summed E-state index contributed by atoms with van der Waals surface area (Å²) in [5.74, 6) is 0.103. The monoisotopic (exact) mass is 378 g/mol.